The number of halogens is 4. The molecule has 0 saturated carbocycles. The smallest absolute Gasteiger partial charge is 0.244 e. The van der Waals surface area contributed by atoms with E-state index in [1.807, 2.05) is 0 Å². The van der Waals surface area contributed by atoms with Crippen molar-refractivity contribution in [3.05, 3.63) is 29.3 Å². The molecule has 3 N–H and O–H groups in total. The minimum atomic E-state index is -1.67. The van der Waals surface area contributed by atoms with Crippen LogP contribution in [-0.2, 0) is 4.79 Å². The van der Waals surface area contributed by atoms with Gasteiger partial charge in [0.15, 0.2) is 23.3 Å². The first kappa shape index (κ1) is 15.4. The first-order valence-corrected chi connectivity index (χ1v) is 5.64. The van der Waals surface area contributed by atoms with Gasteiger partial charge < -0.3 is 11.1 Å². The number of anilines is 1. The molecular weight excluding hydrogens is 264 g/mol. The van der Waals surface area contributed by atoms with Gasteiger partial charge in [-0.25, -0.2) is 17.6 Å². The molecule has 0 saturated heterocycles. The highest BCUT2D eigenvalue weighted by Crippen LogP contribution is 2.25. The van der Waals surface area contributed by atoms with Crippen LogP contribution in [0.4, 0.5) is 23.2 Å². The molecule has 0 spiro atoms. The Labute approximate surface area is 107 Å². The lowest BCUT2D eigenvalue weighted by atomic mass is 9.96. The summed E-state index contributed by atoms with van der Waals surface area (Å²) >= 11 is 0. The number of nitrogens with two attached hydrogens (primary N) is 1. The van der Waals surface area contributed by atoms with E-state index < -0.39 is 40.4 Å². The molecule has 0 aliphatic carbocycles. The van der Waals surface area contributed by atoms with Gasteiger partial charge in [-0.15, -0.1) is 0 Å². The van der Waals surface area contributed by atoms with Crippen molar-refractivity contribution in [2.24, 2.45) is 5.73 Å². The third kappa shape index (κ3) is 3.23. The summed E-state index contributed by atoms with van der Waals surface area (Å²) in [5.41, 5.74) is 3.09. The van der Waals surface area contributed by atoms with Crippen LogP contribution in [0.2, 0.25) is 0 Å². The summed E-state index contributed by atoms with van der Waals surface area (Å²) in [6, 6.07) is 0.0635. The average molecular weight is 278 g/mol. The van der Waals surface area contributed by atoms with E-state index in [9.17, 15) is 22.4 Å². The summed E-state index contributed by atoms with van der Waals surface area (Å²) in [7, 11) is 0. The highest BCUT2D eigenvalue weighted by Gasteiger charge is 2.30. The predicted molar refractivity (Wildman–Crippen MR) is 62.4 cm³/mol. The van der Waals surface area contributed by atoms with E-state index >= 15 is 0 Å². The molecule has 3 nitrogen and oxygen atoms in total. The normalized spacial score (nSPS) is 14.1. The molecule has 0 radical (unpaired) electrons. The average Bonchev–Trinajstić information content (AvgIpc) is 2.31. The van der Waals surface area contributed by atoms with Crippen molar-refractivity contribution in [2.75, 3.05) is 5.32 Å². The molecule has 1 aromatic rings. The van der Waals surface area contributed by atoms with Crippen LogP contribution in [-0.4, -0.2) is 11.4 Å². The van der Waals surface area contributed by atoms with E-state index in [1.54, 1.807) is 12.2 Å². The molecule has 7 heteroatoms. The SMILES string of the molecule is CCCC(C)(N)C(=O)Nc1c(F)c(F)cc(F)c1F. The van der Waals surface area contributed by atoms with Gasteiger partial charge in [-0.3, -0.25) is 4.79 Å². The standard InChI is InChI=1S/C12H14F4N2O/c1-3-4-12(2,17)11(19)18-10-8(15)6(13)5-7(14)9(10)16/h5H,3-4,17H2,1-2H3,(H,18,19). The molecule has 1 atom stereocenters. The zero-order chi connectivity index (χ0) is 14.8. The van der Waals surface area contributed by atoms with Crippen LogP contribution in [0.3, 0.4) is 0 Å². The van der Waals surface area contributed by atoms with Gasteiger partial charge in [0.05, 0.1) is 5.54 Å². The van der Waals surface area contributed by atoms with E-state index in [1.165, 1.54) is 6.92 Å². The van der Waals surface area contributed by atoms with Crippen molar-refractivity contribution in [1.82, 2.24) is 0 Å². The summed E-state index contributed by atoms with van der Waals surface area (Å²) in [5, 5.41) is 1.79. The summed E-state index contributed by atoms with van der Waals surface area (Å²) in [5.74, 6) is -7.44. The molecule has 1 amide bonds. The van der Waals surface area contributed by atoms with Crippen molar-refractivity contribution in [3.63, 3.8) is 0 Å². The lowest BCUT2D eigenvalue weighted by molar-refractivity contribution is -0.120. The first-order chi connectivity index (χ1) is 8.70. The Bertz CT molecular complexity index is 477. The van der Waals surface area contributed by atoms with Crippen LogP contribution < -0.4 is 11.1 Å². The summed E-state index contributed by atoms with van der Waals surface area (Å²) in [4.78, 5) is 11.7. The van der Waals surface area contributed by atoms with Gasteiger partial charge in [-0.1, -0.05) is 13.3 Å². The van der Waals surface area contributed by atoms with E-state index in [2.05, 4.69) is 0 Å². The third-order valence-electron chi connectivity index (χ3n) is 2.64. The van der Waals surface area contributed by atoms with Gasteiger partial charge in [0, 0.05) is 6.07 Å². The fourth-order valence-electron chi connectivity index (χ4n) is 1.57. The molecule has 0 aliphatic heterocycles. The highest BCUT2D eigenvalue weighted by atomic mass is 19.2. The highest BCUT2D eigenvalue weighted by molar-refractivity contribution is 5.97. The molecular formula is C12H14F4N2O. The van der Waals surface area contributed by atoms with Crippen LogP contribution >= 0.6 is 0 Å². The maximum absolute atomic E-state index is 13.3. The molecule has 0 heterocycles. The maximum atomic E-state index is 13.3. The molecule has 1 rings (SSSR count). The largest absolute Gasteiger partial charge is 0.319 e. The zero-order valence-corrected chi connectivity index (χ0v) is 10.5. The second-order valence-electron chi connectivity index (χ2n) is 4.46. The number of hydrogen-bond acceptors (Lipinski definition) is 2. The fraction of sp³-hybridized carbons (Fsp3) is 0.417. The quantitative estimate of drug-likeness (QED) is 0.657. The Morgan fingerprint density at radius 1 is 1.26 bits per heavy atom. The number of rotatable bonds is 4. The molecule has 1 unspecified atom stereocenters. The van der Waals surface area contributed by atoms with Gasteiger partial charge >= 0.3 is 0 Å². The lowest BCUT2D eigenvalue weighted by Gasteiger charge is -2.23. The van der Waals surface area contributed by atoms with Crippen molar-refractivity contribution < 1.29 is 22.4 Å². The van der Waals surface area contributed by atoms with E-state index in [0.717, 1.165) is 0 Å². The first-order valence-electron chi connectivity index (χ1n) is 5.64. The van der Waals surface area contributed by atoms with Crippen molar-refractivity contribution >= 4 is 11.6 Å². The topological polar surface area (TPSA) is 55.1 Å². The van der Waals surface area contributed by atoms with Crippen LogP contribution in [0.1, 0.15) is 26.7 Å². The predicted octanol–water partition coefficient (Wildman–Crippen LogP) is 2.70. The van der Waals surface area contributed by atoms with Crippen molar-refractivity contribution in [3.8, 4) is 0 Å². The van der Waals surface area contributed by atoms with Crippen LogP contribution in [0.5, 0.6) is 0 Å². The number of amides is 1. The summed E-state index contributed by atoms with van der Waals surface area (Å²) in [6.45, 7) is 3.12. The second kappa shape index (κ2) is 5.56. The number of carbonyl (C=O) groups is 1. The fourth-order valence-corrected chi connectivity index (χ4v) is 1.57. The van der Waals surface area contributed by atoms with Gasteiger partial charge in [-0.05, 0) is 13.3 Å². The second-order valence-corrected chi connectivity index (χ2v) is 4.46. The van der Waals surface area contributed by atoms with E-state index in [-0.39, 0.29) is 12.5 Å². The van der Waals surface area contributed by atoms with E-state index in [4.69, 9.17) is 5.73 Å². The number of benzene rings is 1. The molecule has 1 aromatic carbocycles. The number of hydrogen-bond donors (Lipinski definition) is 2. The number of nitrogens with one attached hydrogen (secondary N) is 1. The van der Waals surface area contributed by atoms with Gasteiger partial charge in [0.25, 0.3) is 0 Å². The lowest BCUT2D eigenvalue weighted by Crippen LogP contribution is -2.48. The third-order valence-corrected chi connectivity index (χ3v) is 2.64. The Kier molecular flexibility index (Phi) is 4.52. The minimum Gasteiger partial charge on any atom is -0.319 e. The Morgan fingerprint density at radius 2 is 1.74 bits per heavy atom. The zero-order valence-electron chi connectivity index (χ0n) is 10.5. The monoisotopic (exact) mass is 278 g/mol. The Hall–Kier alpha value is -1.63. The van der Waals surface area contributed by atoms with Crippen molar-refractivity contribution in [1.29, 1.82) is 0 Å². The molecule has 106 valence electrons. The summed E-state index contributed by atoms with van der Waals surface area (Å²) in [6.07, 6.45) is 0.808. The van der Waals surface area contributed by atoms with Gasteiger partial charge in [0.2, 0.25) is 5.91 Å². The molecule has 19 heavy (non-hydrogen) atoms. The maximum Gasteiger partial charge on any atom is 0.244 e. The Balaban J connectivity index is 3.10. The van der Waals surface area contributed by atoms with Crippen LogP contribution in [0.15, 0.2) is 6.07 Å². The van der Waals surface area contributed by atoms with Gasteiger partial charge in [0.1, 0.15) is 5.69 Å². The van der Waals surface area contributed by atoms with Crippen LogP contribution in [0.25, 0.3) is 0 Å². The minimum absolute atomic E-state index is 0.0635. The molecule has 0 bridgehead atoms. The molecule has 0 fully saturated rings. The summed E-state index contributed by atoms with van der Waals surface area (Å²) < 4.78 is 52.6. The van der Waals surface area contributed by atoms with Crippen LogP contribution in [0, 0.1) is 23.3 Å². The van der Waals surface area contributed by atoms with E-state index in [0.29, 0.717) is 6.42 Å². The number of carbonyl (C=O) groups excluding carboxylic acids is 1. The Morgan fingerprint density at radius 3 is 2.16 bits per heavy atom. The molecule has 0 aliphatic rings. The van der Waals surface area contributed by atoms with Gasteiger partial charge in [-0.2, -0.15) is 0 Å². The molecule has 0 aromatic heterocycles. The van der Waals surface area contributed by atoms with Crippen molar-refractivity contribution in [2.45, 2.75) is 32.2 Å².